The van der Waals surface area contributed by atoms with E-state index in [0.29, 0.717) is 31.2 Å². The molecule has 4 rings (SSSR count). The van der Waals surface area contributed by atoms with Crippen LogP contribution in [0.3, 0.4) is 0 Å². The fraction of sp³-hybridized carbons (Fsp3) is 0.375. The first kappa shape index (κ1) is 37.4. The van der Waals surface area contributed by atoms with Gasteiger partial charge in [-0.2, -0.15) is 0 Å². The van der Waals surface area contributed by atoms with Crippen LogP contribution in [0.2, 0.25) is 0 Å². The summed E-state index contributed by atoms with van der Waals surface area (Å²) in [7, 11) is 0. The van der Waals surface area contributed by atoms with Gasteiger partial charge in [0.25, 0.3) is 0 Å². The molecule has 0 spiro atoms. The van der Waals surface area contributed by atoms with E-state index >= 15 is 0 Å². The largest absolute Gasteiger partial charge is 0.513 e. The Labute approximate surface area is 286 Å². The van der Waals surface area contributed by atoms with Crippen molar-refractivity contribution in [3.8, 4) is 0 Å². The van der Waals surface area contributed by atoms with E-state index in [0.717, 1.165) is 39.8 Å². The predicted octanol–water partition coefficient (Wildman–Crippen LogP) is 10.8. The van der Waals surface area contributed by atoms with Crippen molar-refractivity contribution in [2.24, 2.45) is 0 Å². The normalized spacial score (nSPS) is 14.0. The molecule has 6 nitrogen and oxygen atoms in total. The molecular formula is C40H53N3O3S. The highest BCUT2D eigenvalue weighted by molar-refractivity contribution is 7.14. The molecular weight excluding hydrogens is 603 g/mol. The minimum atomic E-state index is -0.376. The van der Waals surface area contributed by atoms with Crippen molar-refractivity contribution in [1.29, 1.82) is 0 Å². The maximum Gasteiger partial charge on any atom is 0.190 e. The summed E-state index contributed by atoms with van der Waals surface area (Å²) in [6.07, 6.45) is 15.6. The number of ether oxygens (including phenoxy) is 1. The molecule has 0 radical (unpaired) electrons. The topological polar surface area (TPSA) is 77.9 Å². The summed E-state index contributed by atoms with van der Waals surface area (Å²) >= 11 is 1.60. The lowest BCUT2D eigenvalue weighted by atomic mass is 9.84. The first-order chi connectivity index (χ1) is 22.9. The van der Waals surface area contributed by atoms with E-state index in [1.165, 1.54) is 43.2 Å². The molecule has 3 N–H and O–H groups in total. The van der Waals surface area contributed by atoms with Crippen LogP contribution >= 0.6 is 11.3 Å². The van der Waals surface area contributed by atoms with Crippen LogP contribution in [0.25, 0.3) is 11.3 Å². The lowest BCUT2D eigenvalue weighted by Crippen LogP contribution is -2.17. The Balaban J connectivity index is 0.00000294. The fourth-order valence-corrected chi connectivity index (χ4v) is 6.42. The highest BCUT2D eigenvalue weighted by Gasteiger charge is 2.19. The molecule has 47 heavy (non-hydrogen) atoms. The first-order valence-corrected chi connectivity index (χ1v) is 17.8. The third-order valence-corrected chi connectivity index (χ3v) is 8.90. The monoisotopic (exact) mass is 655 g/mol. The molecule has 0 unspecified atom stereocenters. The van der Waals surface area contributed by atoms with Gasteiger partial charge in [0.15, 0.2) is 11.9 Å². The van der Waals surface area contributed by atoms with Crippen LogP contribution in [-0.4, -0.2) is 28.5 Å². The van der Waals surface area contributed by atoms with Gasteiger partial charge in [-0.15, -0.1) is 11.3 Å². The van der Waals surface area contributed by atoms with Crippen LogP contribution in [0.4, 0.5) is 10.8 Å². The summed E-state index contributed by atoms with van der Waals surface area (Å²) in [4.78, 5) is 7.27. The van der Waals surface area contributed by atoms with Crippen molar-refractivity contribution in [2.75, 3.05) is 18.2 Å². The standard InChI is InChI=1S/C38H47N3O3S.C2H6/c1-5-10-36(39-24-23-29(4)43)33-16-14-30(15-17-33)25-41(34-20-18-32(19-21-34)31-11-8-7-9-12-31)38-40-37(26-45-38)28(3)13-22-35(6-2)44-27-42;1-2/h6,10,13-22,26,31,39,42-43H,3-5,7-9,11-12,23-25,27H2,1-2H3;1-2H3/b22-13-,35-6+,36-10-;. The van der Waals surface area contributed by atoms with Gasteiger partial charge in [0.1, 0.15) is 5.76 Å². The van der Waals surface area contributed by atoms with Crippen molar-refractivity contribution in [2.45, 2.75) is 85.1 Å². The van der Waals surface area contributed by atoms with Gasteiger partial charge in [-0.05, 0) is 84.7 Å². The Morgan fingerprint density at radius 3 is 2.36 bits per heavy atom. The smallest absolute Gasteiger partial charge is 0.190 e. The number of hydrogen-bond acceptors (Lipinski definition) is 7. The molecule has 1 fully saturated rings. The zero-order valence-corrected chi connectivity index (χ0v) is 29.5. The predicted molar refractivity (Wildman–Crippen MR) is 201 cm³/mol. The van der Waals surface area contributed by atoms with Gasteiger partial charge in [0.05, 0.1) is 18.0 Å². The number of hydrogen-bond donors (Lipinski definition) is 3. The zero-order chi connectivity index (χ0) is 34.0. The lowest BCUT2D eigenvalue weighted by Gasteiger charge is -2.25. The number of allylic oxidation sites excluding steroid dienone is 5. The Hall–Kier alpha value is -4.07. The SMILES string of the molecule is C=C(O)CCN/C(=C\CC)c1ccc(CN(c2ccc(C3CCCCC3)cc2)c2nc(C(=C)/C=C\C(=C/C)OCO)cs2)cc1.CC. The summed E-state index contributed by atoms with van der Waals surface area (Å²) in [6.45, 7) is 16.7. The van der Waals surface area contributed by atoms with Gasteiger partial charge in [0, 0.05) is 29.7 Å². The van der Waals surface area contributed by atoms with Crippen LogP contribution in [0, 0.1) is 0 Å². The number of aromatic nitrogens is 1. The van der Waals surface area contributed by atoms with Crippen LogP contribution in [0.5, 0.6) is 0 Å². The van der Waals surface area contributed by atoms with Crippen LogP contribution < -0.4 is 10.2 Å². The van der Waals surface area contributed by atoms with Crippen LogP contribution in [0.15, 0.2) is 103 Å². The molecule has 0 atom stereocenters. The summed E-state index contributed by atoms with van der Waals surface area (Å²) in [6, 6.07) is 17.7. The Morgan fingerprint density at radius 2 is 1.74 bits per heavy atom. The second kappa shape index (κ2) is 20.2. The molecule has 1 saturated carbocycles. The molecule has 0 amide bonds. The van der Waals surface area contributed by atoms with Gasteiger partial charge >= 0.3 is 0 Å². The molecule has 0 aliphatic heterocycles. The van der Waals surface area contributed by atoms with E-state index < -0.39 is 0 Å². The fourth-order valence-electron chi connectivity index (χ4n) is 5.55. The van der Waals surface area contributed by atoms with Crippen LogP contribution in [0.1, 0.15) is 101 Å². The number of benzene rings is 2. The lowest BCUT2D eigenvalue weighted by molar-refractivity contribution is 0.0478. The van der Waals surface area contributed by atoms with Gasteiger partial charge in [-0.1, -0.05) is 95.7 Å². The van der Waals surface area contributed by atoms with E-state index in [9.17, 15) is 5.11 Å². The molecule has 1 aliphatic carbocycles. The molecule has 1 aliphatic rings. The van der Waals surface area contributed by atoms with Gasteiger partial charge in [0.2, 0.25) is 0 Å². The molecule has 1 heterocycles. The summed E-state index contributed by atoms with van der Waals surface area (Å²) in [5.74, 6) is 1.41. The molecule has 2 aromatic carbocycles. The van der Waals surface area contributed by atoms with Gasteiger partial charge < -0.3 is 25.2 Å². The maximum absolute atomic E-state index is 9.48. The third kappa shape index (κ3) is 11.6. The quantitative estimate of drug-likeness (QED) is 0.0810. The van der Waals surface area contributed by atoms with Crippen LogP contribution in [-0.2, 0) is 11.3 Å². The first-order valence-electron chi connectivity index (χ1n) is 16.9. The van der Waals surface area contributed by atoms with Gasteiger partial charge in [-0.25, -0.2) is 4.98 Å². The van der Waals surface area contributed by atoms with Gasteiger partial charge in [-0.3, -0.25) is 0 Å². The molecule has 0 saturated heterocycles. The number of nitrogens with zero attached hydrogens (tertiary/aromatic N) is 2. The number of anilines is 2. The number of nitrogens with one attached hydrogen (secondary N) is 1. The Kier molecular flexibility index (Phi) is 16.1. The minimum absolute atomic E-state index is 0.184. The average molecular weight is 656 g/mol. The highest BCUT2D eigenvalue weighted by atomic mass is 32.1. The Bertz CT molecular complexity index is 1480. The molecule has 7 heteroatoms. The third-order valence-electron chi connectivity index (χ3n) is 8.04. The van der Waals surface area contributed by atoms with Crippen molar-refractivity contribution in [3.05, 3.63) is 125 Å². The van der Waals surface area contributed by atoms with Crippen molar-refractivity contribution >= 4 is 33.4 Å². The molecule has 252 valence electrons. The van der Waals surface area contributed by atoms with E-state index in [1.54, 1.807) is 23.5 Å². The van der Waals surface area contributed by atoms with E-state index in [-0.39, 0.29) is 12.6 Å². The molecule has 3 aromatic rings. The summed E-state index contributed by atoms with van der Waals surface area (Å²) in [5, 5.41) is 24.9. The number of aliphatic hydroxyl groups excluding tert-OH is 2. The number of rotatable bonds is 16. The van der Waals surface area contributed by atoms with E-state index in [2.05, 4.69) is 84.9 Å². The van der Waals surface area contributed by atoms with Crippen molar-refractivity contribution in [3.63, 3.8) is 0 Å². The summed E-state index contributed by atoms with van der Waals surface area (Å²) in [5.41, 5.74) is 7.44. The average Bonchev–Trinajstić information content (AvgIpc) is 3.60. The zero-order valence-electron chi connectivity index (χ0n) is 28.7. The van der Waals surface area contributed by atoms with Crippen molar-refractivity contribution in [1.82, 2.24) is 10.3 Å². The second-order valence-electron chi connectivity index (χ2n) is 11.3. The van der Waals surface area contributed by atoms with Crippen molar-refractivity contribution < 1.29 is 14.9 Å². The van der Waals surface area contributed by atoms with E-state index in [4.69, 9.17) is 14.8 Å². The molecule has 0 bridgehead atoms. The summed E-state index contributed by atoms with van der Waals surface area (Å²) < 4.78 is 5.21. The maximum atomic E-state index is 9.48. The number of aliphatic hydroxyl groups is 2. The van der Waals surface area contributed by atoms with E-state index in [1.807, 2.05) is 32.2 Å². The number of thiazole rings is 1. The minimum Gasteiger partial charge on any atom is -0.513 e. The second-order valence-corrected chi connectivity index (χ2v) is 12.2. The molecule has 1 aromatic heterocycles. The Morgan fingerprint density at radius 1 is 1.04 bits per heavy atom. The highest BCUT2D eigenvalue weighted by Crippen LogP contribution is 2.36.